The van der Waals surface area contributed by atoms with E-state index in [4.69, 9.17) is 4.74 Å². The molecule has 1 spiro atoms. The lowest BCUT2D eigenvalue weighted by molar-refractivity contribution is -0.161. The van der Waals surface area contributed by atoms with Crippen molar-refractivity contribution in [2.45, 2.75) is 32.6 Å². The summed E-state index contributed by atoms with van der Waals surface area (Å²) in [4.78, 5) is 24.3. The third-order valence-corrected chi connectivity index (χ3v) is 4.84. The summed E-state index contributed by atoms with van der Waals surface area (Å²) in [5.41, 5.74) is 0.197. The Kier molecular flexibility index (Phi) is 1.74. The highest BCUT2D eigenvalue weighted by Gasteiger charge is 2.74. The van der Waals surface area contributed by atoms with E-state index in [1.54, 1.807) is 0 Å². The fourth-order valence-electron chi connectivity index (χ4n) is 4.05. The molecule has 3 aliphatic rings. The van der Waals surface area contributed by atoms with Crippen LogP contribution in [-0.4, -0.2) is 18.9 Å². The molecular weight excluding hydrogens is 204 g/mol. The molecule has 0 unspecified atom stereocenters. The van der Waals surface area contributed by atoms with E-state index in [2.05, 4.69) is 0 Å². The molecular formula is C13H16O3. The lowest BCUT2D eigenvalue weighted by Gasteiger charge is -2.38. The van der Waals surface area contributed by atoms with E-state index in [1.165, 1.54) is 12.7 Å². The first kappa shape index (κ1) is 10.1. The van der Waals surface area contributed by atoms with E-state index in [9.17, 15) is 9.59 Å². The standard InChI is InChI=1S/C13H16O3/c1-8-7-13(11(15)16-2)10(14)4-3-9(8)12(13)5-6-12/h7,9H,3-6H2,1-2H3/t9-,13+/m1/s1. The molecule has 3 rings (SSSR count). The number of ketones is 1. The van der Waals surface area contributed by atoms with Crippen molar-refractivity contribution in [1.29, 1.82) is 0 Å². The van der Waals surface area contributed by atoms with E-state index >= 15 is 0 Å². The Balaban J connectivity index is 2.18. The number of hydrogen-bond donors (Lipinski definition) is 0. The van der Waals surface area contributed by atoms with Crippen LogP contribution >= 0.6 is 0 Å². The quantitative estimate of drug-likeness (QED) is 0.385. The second-order valence-corrected chi connectivity index (χ2v) is 5.36. The van der Waals surface area contributed by atoms with Crippen molar-refractivity contribution in [3.8, 4) is 0 Å². The van der Waals surface area contributed by atoms with Crippen LogP contribution in [0, 0.1) is 16.7 Å². The second kappa shape index (κ2) is 2.76. The first-order chi connectivity index (χ1) is 7.58. The molecule has 3 aliphatic carbocycles. The molecule has 3 heteroatoms. The van der Waals surface area contributed by atoms with Gasteiger partial charge in [0.1, 0.15) is 0 Å². The van der Waals surface area contributed by atoms with Crippen LogP contribution in [0.1, 0.15) is 32.6 Å². The SMILES string of the molecule is COC(=O)[C@]12C=C(C)[C@@H](CCC1=O)C21CC1. The Bertz CT molecular complexity index is 407. The lowest BCUT2D eigenvalue weighted by Crippen LogP contribution is -2.49. The zero-order chi connectivity index (χ0) is 11.6. The number of esters is 1. The fourth-order valence-corrected chi connectivity index (χ4v) is 4.05. The van der Waals surface area contributed by atoms with Gasteiger partial charge in [0.05, 0.1) is 7.11 Å². The van der Waals surface area contributed by atoms with Gasteiger partial charge in [-0.25, -0.2) is 0 Å². The van der Waals surface area contributed by atoms with E-state index < -0.39 is 5.41 Å². The molecule has 3 nitrogen and oxygen atoms in total. The molecule has 2 atom stereocenters. The van der Waals surface area contributed by atoms with Crippen molar-refractivity contribution < 1.29 is 14.3 Å². The smallest absolute Gasteiger partial charge is 0.323 e. The summed E-state index contributed by atoms with van der Waals surface area (Å²) < 4.78 is 4.90. The van der Waals surface area contributed by atoms with Gasteiger partial charge < -0.3 is 4.74 Å². The predicted molar refractivity (Wildman–Crippen MR) is 57.6 cm³/mol. The fraction of sp³-hybridized carbons (Fsp3) is 0.692. The third-order valence-electron chi connectivity index (χ3n) is 4.84. The van der Waals surface area contributed by atoms with Crippen LogP contribution in [0.25, 0.3) is 0 Å². The maximum absolute atomic E-state index is 12.2. The lowest BCUT2D eigenvalue weighted by atomic mass is 9.62. The molecule has 0 aliphatic heterocycles. The molecule has 0 radical (unpaired) electrons. The highest BCUT2D eigenvalue weighted by molar-refractivity contribution is 6.09. The Morgan fingerprint density at radius 2 is 2.19 bits per heavy atom. The van der Waals surface area contributed by atoms with E-state index in [0.29, 0.717) is 12.3 Å². The maximum Gasteiger partial charge on any atom is 0.323 e. The van der Waals surface area contributed by atoms with Crippen LogP contribution in [0.5, 0.6) is 0 Å². The van der Waals surface area contributed by atoms with Crippen molar-refractivity contribution in [2.24, 2.45) is 16.7 Å². The third kappa shape index (κ3) is 0.827. The summed E-state index contributed by atoms with van der Waals surface area (Å²) in [5, 5.41) is 0. The largest absolute Gasteiger partial charge is 0.468 e. The number of methoxy groups -OCH3 is 1. The zero-order valence-electron chi connectivity index (χ0n) is 9.71. The number of rotatable bonds is 1. The van der Waals surface area contributed by atoms with E-state index in [0.717, 1.165) is 19.3 Å². The summed E-state index contributed by atoms with van der Waals surface area (Å²) in [6.07, 6.45) is 5.33. The Morgan fingerprint density at radius 3 is 2.75 bits per heavy atom. The van der Waals surface area contributed by atoms with Crippen LogP contribution in [0.15, 0.2) is 11.6 Å². The van der Waals surface area contributed by atoms with E-state index in [1.807, 2.05) is 13.0 Å². The van der Waals surface area contributed by atoms with Gasteiger partial charge in [-0.05, 0) is 32.1 Å². The average molecular weight is 220 g/mol. The molecule has 0 aromatic carbocycles. The molecule has 0 amide bonds. The van der Waals surface area contributed by atoms with Crippen LogP contribution in [0.2, 0.25) is 0 Å². The van der Waals surface area contributed by atoms with Crippen molar-refractivity contribution in [2.75, 3.05) is 7.11 Å². The monoisotopic (exact) mass is 220 g/mol. The summed E-state index contributed by atoms with van der Waals surface area (Å²) in [7, 11) is 1.38. The molecule has 0 aromatic rings. The van der Waals surface area contributed by atoms with Crippen LogP contribution in [0.4, 0.5) is 0 Å². The highest BCUT2D eigenvalue weighted by Crippen LogP contribution is 2.73. The molecule has 0 N–H and O–H groups in total. The number of ether oxygens (including phenoxy) is 1. The Hall–Kier alpha value is -1.12. The summed E-state index contributed by atoms with van der Waals surface area (Å²) in [6, 6.07) is 0. The minimum atomic E-state index is -0.922. The van der Waals surface area contributed by atoms with Gasteiger partial charge >= 0.3 is 5.97 Å². The molecule has 2 saturated carbocycles. The van der Waals surface area contributed by atoms with Gasteiger partial charge in [-0.15, -0.1) is 0 Å². The minimum absolute atomic E-state index is 0.0740. The average Bonchev–Trinajstić information content (AvgIpc) is 3.00. The van der Waals surface area contributed by atoms with Crippen LogP contribution < -0.4 is 0 Å². The molecule has 86 valence electrons. The molecule has 2 fully saturated rings. The maximum atomic E-state index is 12.2. The first-order valence-corrected chi connectivity index (χ1v) is 5.89. The molecule has 0 saturated heterocycles. The number of carbonyl (C=O) groups is 2. The van der Waals surface area contributed by atoms with Crippen molar-refractivity contribution in [3.63, 3.8) is 0 Å². The molecule has 16 heavy (non-hydrogen) atoms. The summed E-state index contributed by atoms with van der Waals surface area (Å²) in [5.74, 6) is 0.172. The summed E-state index contributed by atoms with van der Waals surface area (Å²) >= 11 is 0. The van der Waals surface area contributed by atoms with Crippen molar-refractivity contribution in [1.82, 2.24) is 0 Å². The number of carbonyl (C=O) groups excluding carboxylic acids is 2. The van der Waals surface area contributed by atoms with Crippen LogP contribution in [0.3, 0.4) is 0 Å². The molecule has 0 aromatic heterocycles. The van der Waals surface area contributed by atoms with Gasteiger partial charge in [0.2, 0.25) is 0 Å². The number of hydrogen-bond acceptors (Lipinski definition) is 3. The predicted octanol–water partition coefficient (Wildman–Crippen LogP) is 1.86. The topological polar surface area (TPSA) is 43.4 Å². The van der Waals surface area contributed by atoms with Gasteiger partial charge in [0.15, 0.2) is 11.2 Å². The van der Waals surface area contributed by atoms with Crippen molar-refractivity contribution in [3.05, 3.63) is 11.6 Å². The van der Waals surface area contributed by atoms with Gasteiger partial charge in [-0.3, -0.25) is 9.59 Å². The highest BCUT2D eigenvalue weighted by atomic mass is 16.5. The minimum Gasteiger partial charge on any atom is -0.468 e. The van der Waals surface area contributed by atoms with E-state index in [-0.39, 0.29) is 17.2 Å². The number of allylic oxidation sites excluding steroid dienone is 1. The van der Waals surface area contributed by atoms with Gasteiger partial charge in [0.25, 0.3) is 0 Å². The van der Waals surface area contributed by atoms with Gasteiger partial charge in [0, 0.05) is 11.8 Å². The summed E-state index contributed by atoms with van der Waals surface area (Å²) in [6.45, 7) is 2.05. The Morgan fingerprint density at radius 1 is 1.50 bits per heavy atom. The normalized spacial score (nSPS) is 38.5. The Labute approximate surface area is 94.8 Å². The van der Waals surface area contributed by atoms with Crippen molar-refractivity contribution >= 4 is 11.8 Å². The van der Waals surface area contributed by atoms with Crippen LogP contribution in [-0.2, 0) is 14.3 Å². The molecule has 0 heterocycles. The van der Waals surface area contributed by atoms with Gasteiger partial charge in [-0.1, -0.05) is 11.6 Å². The van der Waals surface area contributed by atoms with Gasteiger partial charge in [-0.2, -0.15) is 0 Å². The first-order valence-electron chi connectivity index (χ1n) is 5.89. The zero-order valence-corrected chi connectivity index (χ0v) is 9.71. The second-order valence-electron chi connectivity index (χ2n) is 5.36. The number of Topliss-reactive ketones (excluding diaryl/α,β-unsaturated/α-hetero) is 1. The molecule has 2 bridgehead atoms.